The van der Waals surface area contributed by atoms with Gasteiger partial charge in [0.25, 0.3) is 0 Å². The van der Waals surface area contributed by atoms with E-state index in [-0.39, 0.29) is 0 Å². The highest BCUT2D eigenvalue weighted by Gasteiger charge is 2.12. The molecule has 0 bridgehead atoms. The summed E-state index contributed by atoms with van der Waals surface area (Å²) in [6, 6.07) is 5.23. The van der Waals surface area contributed by atoms with Crippen molar-refractivity contribution < 1.29 is 0 Å². The van der Waals surface area contributed by atoms with E-state index in [0.29, 0.717) is 15.9 Å². The van der Waals surface area contributed by atoms with Gasteiger partial charge in [-0.2, -0.15) is 5.10 Å². The standard InChI is InChI=1S/C11H11Cl2N3/c1-6-7(2)15-16(11(6)14)10-4-3-8(12)5-9(10)13/h3-5H,14H2,1-2H3. The smallest absolute Gasteiger partial charge is 0.130 e. The van der Waals surface area contributed by atoms with Gasteiger partial charge in [-0.1, -0.05) is 23.2 Å². The van der Waals surface area contributed by atoms with Gasteiger partial charge in [0.2, 0.25) is 0 Å². The van der Waals surface area contributed by atoms with E-state index in [9.17, 15) is 0 Å². The molecule has 16 heavy (non-hydrogen) atoms. The van der Waals surface area contributed by atoms with Gasteiger partial charge in [0.1, 0.15) is 5.82 Å². The zero-order valence-electron chi connectivity index (χ0n) is 8.96. The Morgan fingerprint density at radius 1 is 1.25 bits per heavy atom. The number of rotatable bonds is 1. The van der Waals surface area contributed by atoms with Gasteiger partial charge in [0, 0.05) is 10.6 Å². The summed E-state index contributed by atoms with van der Waals surface area (Å²) in [5.41, 5.74) is 8.54. The largest absolute Gasteiger partial charge is 0.383 e. The SMILES string of the molecule is Cc1nn(-c2ccc(Cl)cc2Cl)c(N)c1C. The van der Waals surface area contributed by atoms with Crippen LogP contribution in [-0.4, -0.2) is 9.78 Å². The Morgan fingerprint density at radius 3 is 2.44 bits per heavy atom. The molecule has 84 valence electrons. The number of aryl methyl sites for hydroxylation is 1. The van der Waals surface area contributed by atoms with Crippen LogP contribution in [0.3, 0.4) is 0 Å². The predicted molar refractivity (Wildman–Crippen MR) is 67.5 cm³/mol. The molecular weight excluding hydrogens is 245 g/mol. The zero-order valence-corrected chi connectivity index (χ0v) is 10.5. The van der Waals surface area contributed by atoms with Crippen molar-refractivity contribution in [2.24, 2.45) is 0 Å². The van der Waals surface area contributed by atoms with Crippen molar-refractivity contribution in [3.05, 3.63) is 39.5 Å². The third kappa shape index (κ3) is 1.77. The number of nitrogens with zero attached hydrogens (tertiary/aromatic N) is 2. The van der Waals surface area contributed by atoms with E-state index >= 15 is 0 Å². The highest BCUT2D eigenvalue weighted by molar-refractivity contribution is 6.35. The predicted octanol–water partition coefficient (Wildman–Crippen LogP) is 3.38. The van der Waals surface area contributed by atoms with Crippen LogP contribution in [0.5, 0.6) is 0 Å². The molecule has 2 N–H and O–H groups in total. The Kier molecular flexibility index (Phi) is 2.82. The number of anilines is 1. The first-order valence-electron chi connectivity index (χ1n) is 4.78. The average Bonchev–Trinajstić information content (AvgIpc) is 2.46. The van der Waals surface area contributed by atoms with Crippen LogP contribution >= 0.6 is 23.2 Å². The van der Waals surface area contributed by atoms with E-state index in [0.717, 1.165) is 16.9 Å². The van der Waals surface area contributed by atoms with Gasteiger partial charge in [-0.15, -0.1) is 0 Å². The molecule has 2 rings (SSSR count). The van der Waals surface area contributed by atoms with Crippen LogP contribution in [0.2, 0.25) is 10.0 Å². The summed E-state index contributed by atoms with van der Waals surface area (Å²) in [4.78, 5) is 0. The highest BCUT2D eigenvalue weighted by atomic mass is 35.5. The van der Waals surface area contributed by atoms with Gasteiger partial charge in [-0.25, -0.2) is 4.68 Å². The van der Waals surface area contributed by atoms with Gasteiger partial charge in [-0.3, -0.25) is 0 Å². The molecule has 0 radical (unpaired) electrons. The molecular formula is C11H11Cl2N3. The Labute approximate surface area is 104 Å². The first kappa shape index (κ1) is 11.3. The summed E-state index contributed by atoms with van der Waals surface area (Å²) >= 11 is 11.9. The third-order valence-electron chi connectivity index (χ3n) is 2.54. The Hall–Kier alpha value is -1.19. The van der Waals surface area contributed by atoms with Crippen molar-refractivity contribution in [2.75, 3.05) is 5.73 Å². The Balaban J connectivity index is 2.63. The molecule has 1 aromatic heterocycles. The molecule has 0 fully saturated rings. The number of nitrogen functional groups attached to an aromatic ring is 1. The molecule has 0 saturated carbocycles. The lowest BCUT2D eigenvalue weighted by molar-refractivity contribution is 0.872. The summed E-state index contributed by atoms with van der Waals surface area (Å²) in [6.45, 7) is 3.84. The molecule has 0 saturated heterocycles. The summed E-state index contributed by atoms with van der Waals surface area (Å²) in [5.74, 6) is 0.599. The summed E-state index contributed by atoms with van der Waals surface area (Å²) < 4.78 is 1.63. The molecule has 1 aromatic carbocycles. The van der Waals surface area contributed by atoms with Crippen molar-refractivity contribution in [1.29, 1.82) is 0 Å². The molecule has 2 aromatic rings. The second-order valence-corrected chi connectivity index (χ2v) is 4.45. The average molecular weight is 256 g/mol. The van der Waals surface area contributed by atoms with E-state index in [4.69, 9.17) is 28.9 Å². The Bertz CT molecular complexity index is 546. The lowest BCUT2D eigenvalue weighted by atomic mass is 10.3. The number of nitrogens with two attached hydrogens (primary N) is 1. The molecule has 0 unspecified atom stereocenters. The summed E-state index contributed by atoms with van der Waals surface area (Å²) in [6.07, 6.45) is 0. The number of aromatic nitrogens is 2. The van der Waals surface area contributed by atoms with E-state index in [2.05, 4.69) is 5.10 Å². The van der Waals surface area contributed by atoms with Gasteiger partial charge >= 0.3 is 0 Å². The van der Waals surface area contributed by atoms with Crippen LogP contribution in [0, 0.1) is 13.8 Å². The minimum atomic E-state index is 0.529. The monoisotopic (exact) mass is 255 g/mol. The van der Waals surface area contributed by atoms with Crippen LogP contribution in [0.4, 0.5) is 5.82 Å². The second-order valence-electron chi connectivity index (χ2n) is 3.60. The van der Waals surface area contributed by atoms with E-state index in [1.165, 1.54) is 0 Å². The molecule has 5 heteroatoms. The molecule has 0 aliphatic carbocycles. The quantitative estimate of drug-likeness (QED) is 0.849. The van der Waals surface area contributed by atoms with Crippen LogP contribution in [0.15, 0.2) is 18.2 Å². The summed E-state index contributed by atoms with van der Waals surface area (Å²) in [7, 11) is 0. The highest BCUT2D eigenvalue weighted by Crippen LogP contribution is 2.27. The molecule has 0 atom stereocenters. The minimum absolute atomic E-state index is 0.529. The van der Waals surface area contributed by atoms with Crippen molar-refractivity contribution in [2.45, 2.75) is 13.8 Å². The zero-order chi connectivity index (χ0) is 11.9. The van der Waals surface area contributed by atoms with Gasteiger partial charge in [-0.05, 0) is 32.0 Å². The maximum absolute atomic E-state index is 6.10. The normalized spacial score (nSPS) is 10.8. The molecule has 3 nitrogen and oxygen atoms in total. The van der Waals surface area contributed by atoms with Gasteiger partial charge in [0.15, 0.2) is 0 Å². The van der Waals surface area contributed by atoms with E-state index in [1.807, 2.05) is 13.8 Å². The lowest BCUT2D eigenvalue weighted by Crippen LogP contribution is -2.02. The van der Waals surface area contributed by atoms with Gasteiger partial charge in [0.05, 0.1) is 16.4 Å². The fraction of sp³-hybridized carbons (Fsp3) is 0.182. The van der Waals surface area contributed by atoms with Crippen LogP contribution in [0.1, 0.15) is 11.3 Å². The molecule has 0 amide bonds. The number of halogens is 2. The van der Waals surface area contributed by atoms with E-state index < -0.39 is 0 Å². The maximum atomic E-state index is 6.10. The minimum Gasteiger partial charge on any atom is -0.383 e. The Morgan fingerprint density at radius 2 is 1.94 bits per heavy atom. The number of benzene rings is 1. The maximum Gasteiger partial charge on any atom is 0.130 e. The fourth-order valence-electron chi connectivity index (χ4n) is 1.46. The molecule has 1 heterocycles. The fourth-order valence-corrected chi connectivity index (χ4v) is 1.95. The van der Waals surface area contributed by atoms with E-state index in [1.54, 1.807) is 22.9 Å². The van der Waals surface area contributed by atoms with Crippen LogP contribution < -0.4 is 5.73 Å². The number of hydrogen-bond donors (Lipinski definition) is 1. The lowest BCUT2D eigenvalue weighted by Gasteiger charge is -2.06. The first-order chi connectivity index (χ1) is 7.50. The van der Waals surface area contributed by atoms with Crippen molar-refractivity contribution in [3.8, 4) is 5.69 Å². The molecule has 0 spiro atoms. The van der Waals surface area contributed by atoms with Gasteiger partial charge < -0.3 is 5.73 Å². The third-order valence-corrected chi connectivity index (χ3v) is 3.08. The second kappa shape index (κ2) is 4.00. The van der Waals surface area contributed by atoms with Crippen LogP contribution in [0.25, 0.3) is 5.69 Å². The van der Waals surface area contributed by atoms with Crippen molar-refractivity contribution in [3.63, 3.8) is 0 Å². The van der Waals surface area contributed by atoms with Crippen molar-refractivity contribution >= 4 is 29.0 Å². The van der Waals surface area contributed by atoms with Crippen molar-refractivity contribution in [1.82, 2.24) is 9.78 Å². The molecule has 0 aliphatic rings. The van der Waals surface area contributed by atoms with Crippen LogP contribution in [-0.2, 0) is 0 Å². The first-order valence-corrected chi connectivity index (χ1v) is 5.53. The topological polar surface area (TPSA) is 43.8 Å². The number of hydrogen-bond acceptors (Lipinski definition) is 2. The molecule has 0 aliphatic heterocycles. The summed E-state index contributed by atoms with van der Waals surface area (Å²) in [5, 5.41) is 5.45.